The molecular formula is C16H9F5Fe-2. The van der Waals surface area contributed by atoms with Crippen molar-refractivity contribution in [3.63, 3.8) is 0 Å². The van der Waals surface area contributed by atoms with Gasteiger partial charge in [-0.15, -0.1) is 12.1 Å². The minimum atomic E-state index is -2.15. The molecule has 0 atom stereocenters. The van der Waals surface area contributed by atoms with E-state index in [9.17, 15) is 22.0 Å². The number of hydrogen-bond acceptors (Lipinski definition) is 0. The van der Waals surface area contributed by atoms with Crippen LogP contribution in [0, 0.1) is 29.1 Å². The average Bonchev–Trinajstić information content (AvgIpc) is 3.18. The molecule has 3 aromatic rings. The zero-order chi connectivity index (χ0) is 15.4. The topological polar surface area (TPSA) is 0 Å². The van der Waals surface area contributed by atoms with E-state index in [1.54, 1.807) is 0 Å². The van der Waals surface area contributed by atoms with Gasteiger partial charge in [0, 0.05) is 17.1 Å². The molecule has 118 valence electrons. The fourth-order valence-corrected chi connectivity index (χ4v) is 1.72. The van der Waals surface area contributed by atoms with Gasteiger partial charge in [0.15, 0.2) is 17.5 Å². The summed E-state index contributed by atoms with van der Waals surface area (Å²) in [5, 5.41) is 0. The SMILES string of the molecule is Fc1c(F)c(F)c(-[c-]2cccc2)c(F)c1F.[Fe].c1cc[cH-]c1. The smallest absolute Gasteiger partial charge is 0.185 e. The van der Waals surface area contributed by atoms with E-state index in [0.29, 0.717) is 0 Å². The van der Waals surface area contributed by atoms with Crippen LogP contribution >= 0.6 is 0 Å². The van der Waals surface area contributed by atoms with E-state index in [0.717, 1.165) is 0 Å². The van der Waals surface area contributed by atoms with Gasteiger partial charge in [-0.2, -0.15) is 30.3 Å². The zero-order valence-corrected chi connectivity index (χ0v) is 12.0. The van der Waals surface area contributed by atoms with E-state index in [-0.39, 0.29) is 22.6 Å². The Morgan fingerprint density at radius 3 is 1.41 bits per heavy atom. The summed E-state index contributed by atoms with van der Waals surface area (Å²) in [6.45, 7) is 0. The molecule has 0 heterocycles. The molecule has 0 N–H and O–H groups in total. The molecule has 0 nitrogen and oxygen atoms in total. The van der Waals surface area contributed by atoms with Gasteiger partial charge in [0.05, 0.1) is 0 Å². The van der Waals surface area contributed by atoms with E-state index in [1.165, 1.54) is 24.3 Å². The average molecular weight is 352 g/mol. The number of rotatable bonds is 1. The molecule has 0 bridgehead atoms. The van der Waals surface area contributed by atoms with E-state index >= 15 is 0 Å². The predicted octanol–water partition coefficient (Wildman–Crippen LogP) is 5.17. The molecule has 22 heavy (non-hydrogen) atoms. The third-order valence-corrected chi connectivity index (χ3v) is 2.72. The molecule has 0 aromatic heterocycles. The zero-order valence-electron chi connectivity index (χ0n) is 10.9. The van der Waals surface area contributed by atoms with Crippen LogP contribution in [0.15, 0.2) is 54.6 Å². The first-order valence-electron chi connectivity index (χ1n) is 5.94. The Labute approximate surface area is 134 Å². The number of benzene rings is 1. The van der Waals surface area contributed by atoms with Gasteiger partial charge in [-0.05, 0) is 5.56 Å². The van der Waals surface area contributed by atoms with Crippen LogP contribution in [0.5, 0.6) is 0 Å². The molecular weight excluding hydrogens is 343 g/mol. The largest absolute Gasteiger partial charge is 0.250 e. The minimum absolute atomic E-state index is 0. The summed E-state index contributed by atoms with van der Waals surface area (Å²) in [4.78, 5) is 0. The number of halogens is 5. The Bertz CT molecular complexity index is 656. The van der Waals surface area contributed by atoms with E-state index < -0.39 is 34.6 Å². The van der Waals surface area contributed by atoms with Crippen molar-refractivity contribution in [1.29, 1.82) is 0 Å². The second-order valence-electron chi connectivity index (χ2n) is 4.08. The van der Waals surface area contributed by atoms with Crippen LogP contribution in [-0.4, -0.2) is 0 Å². The van der Waals surface area contributed by atoms with Gasteiger partial charge in [-0.1, -0.05) is 5.56 Å². The maximum Gasteiger partial charge on any atom is 0.185 e. The Morgan fingerprint density at radius 1 is 0.636 bits per heavy atom. The van der Waals surface area contributed by atoms with Crippen LogP contribution < -0.4 is 0 Å². The van der Waals surface area contributed by atoms with Crippen LogP contribution in [0.25, 0.3) is 11.1 Å². The summed E-state index contributed by atoms with van der Waals surface area (Å²) in [5.41, 5.74) is -0.950. The fourth-order valence-electron chi connectivity index (χ4n) is 1.72. The van der Waals surface area contributed by atoms with Crippen molar-refractivity contribution in [3.8, 4) is 11.1 Å². The van der Waals surface area contributed by atoms with Crippen molar-refractivity contribution in [2.75, 3.05) is 0 Å². The van der Waals surface area contributed by atoms with E-state index in [4.69, 9.17) is 0 Å². The second-order valence-corrected chi connectivity index (χ2v) is 4.08. The van der Waals surface area contributed by atoms with Crippen LogP contribution in [0.3, 0.4) is 0 Å². The summed E-state index contributed by atoms with van der Waals surface area (Å²) in [7, 11) is 0. The molecule has 0 spiro atoms. The first-order chi connectivity index (χ1) is 10.0. The molecule has 6 heteroatoms. The van der Waals surface area contributed by atoms with E-state index in [1.807, 2.05) is 30.3 Å². The summed E-state index contributed by atoms with van der Waals surface area (Å²) in [6, 6.07) is 15.4. The van der Waals surface area contributed by atoms with Crippen molar-refractivity contribution in [1.82, 2.24) is 0 Å². The van der Waals surface area contributed by atoms with Crippen LogP contribution in [-0.2, 0) is 17.1 Å². The molecule has 0 aliphatic carbocycles. The van der Waals surface area contributed by atoms with Crippen LogP contribution in [0.2, 0.25) is 0 Å². The molecule has 3 aromatic carbocycles. The molecule has 0 unspecified atom stereocenters. The third kappa shape index (κ3) is 3.64. The number of hydrogen-bond donors (Lipinski definition) is 0. The summed E-state index contributed by atoms with van der Waals surface area (Å²) in [6.07, 6.45) is 0. The summed E-state index contributed by atoms with van der Waals surface area (Å²) >= 11 is 0. The van der Waals surface area contributed by atoms with Crippen molar-refractivity contribution < 1.29 is 39.0 Å². The van der Waals surface area contributed by atoms with Gasteiger partial charge in [0.1, 0.15) is 11.6 Å². The third-order valence-electron chi connectivity index (χ3n) is 2.72. The monoisotopic (exact) mass is 352 g/mol. The van der Waals surface area contributed by atoms with Gasteiger partial charge in [0.2, 0.25) is 0 Å². The van der Waals surface area contributed by atoms with Crippen molar-refractivity contribution in [2.24, 2.45) is 0 Å². The molecule has 3 rings (SSSR count). The molecule has 0 fully saturated rings. The molecule has 0 radical (unpaired) electrons. The maximum atomic E-state index is 13.2. The first kappa shape index (κ1) is 18.1. The van der Waals surface area contributed by atoms with Crippen LogP contribution in [0.4, 0.5) is 22.0 Å². The minimum Gasteiger partial charge on any atom is -0.250 e. The van der Waals surface area contributed by atoms with E-state index in [2.05, 4.69) is 0 Å². The molecule has 0 amide bonds. The molecule has 0 saturated carbocycles. The van der Waals surface area contributed by atoms with Crippen molar-refractivity contribution >= 4 is 0 Å². The standard InChI is InChI=1S/C11H4F5.C5H5.Fe/c12-7-6(5-3-1-2-4-5)8(13)10(15)11(16)9(7)14;1-2-4-5-3-1;/h1-4H;1-5H;/q2*-1;. The van der Waals surface area contributed by atoms with Gasteiger partial charge in [0.25, 0.3) is 0 Å². The Kier molecular flexibility index (Phi) is 6.53. The van der Waals surface area contributed by atoms with Gasteiger partial charge in [-0.3, -0.25) is 0 Å². The molecule has 0 aliphatic heterocycles. The van der Waals surface area contributed by atoms with Crippen molar-refractivity contribution in [2.45, 2.75) is 0 Å². The molecule has 0 saturated heterocycles. The fraction of sp³-hybridized carbons (Fsp3) is 0. The van der Waals surface area contributed by atoms with Gasteiger partial charge < -0.3 is 0 Å². The van der Waals surface area contributed by atoms with Gasteiger partial charge >= 0.3 is 0 Å². The van der Waals surface area contributed by atoms with Crippen molar-refractivity contribution in [3.05, 3.63) is 83.7 Å². The predicted molar refractivity (Wildman–Crippen MR) is 69.3 cm³/mol. The normalized spacial score (nSPS) is 9.68. The van der Waals surface area contributed by atoms with Gasteiger partial charge in [-0.25, -0.2) is 34.1 Å². The first-order valence-corrected chi connectivity index (χ1v) is 5.94. The Morgan fingerprint density at radius 2 is 1.05 bits per heavy atom. The quantitative estimate of drug-likeness (QED) is 0.186. The summed E-state index contributed by atoms with van der Waals surface area (Å²) < 4.78 is 64.9. The second kappa shape index (κ2) is 7.92. The maximum absolute atomic E-state index is 13.2. The molecule has 0 aliphatic rings. The summed E-state index contributed by atoms with van der Waals surface area (Å²) in [5.74, 6) is -9.65. The van der Waals surface area contributed by atoms with Crippen LogP contribution in [0.1, 0.15) is 0 Å². The Balaban J connectivity index is 0.000000344. The Hall–Kier alpha value is -1.91.